The van der Waals surface area contributed by atoms with Gasteiger partial charge in [-0.2, -0.15) is 0 Å². The van der Waals surface area contributed by atoms with Crippen molar-refractivity contribution in [1.29, 1.82) is 0 Å². The fraction of sp³-hybridized carbons (Fsp3) is 0.444. The molecule has 35 heavy (non-hydrogen) atoms. The smallest absolute Gasteiger partial charge is 0.407 e. The molecule has 2 N–H and O–H groups in total. The van der Waals surface area contributed by atoms with Crippen LogP contribution < -0.4 is 5.32 Å². The van der Waals surface area contributed by atoms with Crippen molar-refractivity contribution in [3.63, 3.8) is 0 Å². The molecule has 2 amide bonds. The van der Waals surface area contributed by atoms with E-state index in [1.165, 1.54) is 4.90 Å². The van der Waals surface area contributed by atoms with Crippen LogP contribution in [0.4, 0.5) is 4.79 Å². The number of alkyl carbamates (subject to hydrolysis) is 1. The third kappa shape index (κ3) is 5.32. The van der Waals surface area contributed by atoms with Crippen LogP contribution in [-0.2, 0) is 19.1 Å². The molecule has 0 spiro atoms. The quantitative estimate of drug-likeness (QED) is 0.568. The predicted octanol–water partition coefficient (Wildman–Crippen LogP) is 3.65. The van der Waals surface area contributed by atoms with E-state index in [4.69, 9.17) is 14.6 Å². The molecular formula is C27H32N2O6. The number of aliphatic carboxylic acids is 1. The number of nitrogens with one attached hydrogen (secondary N) is 1. The average molecular weight is 481 g/mol. The summed E-state index contributed by atoms with van der Waals surface area (Å²) in [7, 11) is 0. The largest absolute Gasteiger partial charge is 0.481 e. The molecule has 4 rings (SSSR count). The van der Waals surface area contributed by atoms with Gasteiger partial charge in [-0.1, -0.05) is 48.5 Å². The van der Waals surface area contributed by atoms with Crippen molar-refractivity contribution >= 4 is 18.0 Å². The summed E-state index contributed by atoms with van der Waals surface area (Å²) in [5, 5.41) is 11.8. The van der Waals surface area contributed by atoms with Crippen LogP contribution in [0.3, 0.4) is 0 Å². The molecule has 1 heterocycles. The SMILES string of the molecule is CCN(CCC(=O)O)C(=O)C1(CNC(=O)OCC2c3ccccc3-c3ccccc32)CCCOC1. The van der Waals surface area contributed by atoms with E-state index in [0.29, 0.717) is 26.0 Å². The second-order valence-corrected chi connectivity index (χ2v) is 9.14. The minimum atomic E-state index is -0.957. The van der Waals surface area contributed by atoms with Crippen molar-refractivity contribution < 1.29 is 29.0 Å². The number of carboxylic acids is 1. The van der Waals surface area contributed by atoms with E-state index < -0.39 is 17.5 Å². The molecule has 1 atom stereocenters. The Hall–Kier alpha value is -3.39. The van der Waals surface area contributed by atoms with E-state index in [0.717, 1.165) is 22.3 Å². The van der Waals surface area contributed by atoms with Gasteiger partial charge in [0.15, 0.2) is 0 Å². The molecule has 0 bridgehead atoms. The summed E-state index contributed by atoms with van der Waals surface area (Å²) >= 11 is 0. The summed E-state index contributed by atoms with van der Waals surface area (Å²) in [5.41, 5.74) is 3.64. The molecule has 1 unspecified atom stereocenters. The summed E-state index contributed by atoms with van der Waals surface area (Å²) in [6, 6.07) is 16.3. The van der Waals surface area contributed by atoms with Gasteiger partial charge >= 0.3 is 12.1 Å². The number of rotatable bonds is 9. The van der Waals surface area contributed by atoms with Crippen LogP contribution >= 0.6 is 0 Å². The standard InChI is InChI=1S/C27H32N2O6/c1-2-29(14-12-24(30)31)25(32)27(13-7-15-34-18-27)17-28-26(33)35-16-23-21-10-5-3-8-19(21)20-9-4-6-11-22(20)23/h3-6,8-11,23H,2,7,12-18H2,1H3,(H,28,33)(H,30,31). The molecule has 1 aliphatic heterocycles. The molecule has 0 radical (unpaired) electrons. The Bertz CT molecular complexity index is 1030. The molecule has 2 aromatic rings. The molecule has 0 saturated carbocycles. The van der Waals surface area contributed by atoms with Crippen molar-refractivity contribution in [2.75, 3.05) is 39.5 Å². The Labute approximate surface area is 205 Å². The van der Waals surface area contributed by atoms with E-state index in [-0.39, 0.29) is 44.5 Å². The normalized spacial score (nSPS) is 18.9. The number of hydrogen-bond donors (Lipinski definition) is 2. The molecule has 8 nitrogen and oxygen atoms in total. The lowest BCUT2D eigenvalue weighted by molar-refractivity contribution is -0.150. The maximum Gasteiger partial charge on any atom is 0.407 e. The summed E-state index contributed by atoms with van der Waals surface area (Å²) in [6.07, 6.45) is 0.530. The topological polar surface area (TPSA) is 105 Å². The van der Waals surface area contributed by atoms with Gasteiger partial charge in [0, 0.05) is 32.2 Å². The van der Waals surface area contributed by atoms with E-state index in [1.54, 1.807) is 0 Å². The second-order valence-electron chi connectivity index (χ2n) is 9.14. The van der Waals surface area contributed by atoms with Gasteiger partial charge in [0.25, 0.3) is 0 Å². The summed E-state index contributed by atoms with van der Waals surface area (Å²) in [4.78, 5) is 38.6. The van der Waals surface area contributed by atoms with Gasteiger partial charge in [-0.3, -0.25) is 9.59 Å². The maximum atomic E-state index is 13.4. The first-order chi connectivity index (χ1) is 16.9. The first-order valence-corrected chi connectivity index (χ1v) is 12.1. The molecular weight excluding hydrogens is 448 g/mol. The number of ether oxygens (including phenoxy) is 2. The highest BCUT2D eigenvalue weighted by atomic mass is 16.5. The van der Waals surface area contributed by atoms with Crippen molar-refractivity contribution in [3.05, 3.63) is 59.7 Å². The van der Waals surface area contributed by atoms with Crippen LogP contribution in [0, 0.1) is 5.41 Å². The number of hydrogen-bond acceptors (Lipinski definition) is 5. The van der Waals surface area contributed by atoms with Gasteiger partial charge in [-0.25, -0.2) is 4.79 Å². The van der Waals surface area contributed by atoms with Crippen LogP contribution in [-0.4, -0.2) is 67.4 Å². The second kappa shape index (κ2) is 10.9. The summed E-state index contributed by atoms with van der Waals surface area (Å²) < 4.78 is 11.3. The van der Waals surface area contributed by atoms with Crippen molar-refractivity contribution in [2.45, 2.75) is 32.1 Å². The number of fused-ring (bicyclic) bond motifs is 3. The van der Waals surface area contributed by atoms with Crippen molar-refractivity contribution in [2.24, 2.45) is 5.41 Å². The Morgan fingerprint density at radius 2 is 1.77 bits per heavy atom. The van der Waals surface area contributed by atoms with Crippen LogP contribution in [0.1, 0.15) is 43.2 Å². The highest BCUT2D eigenvalue weighted by Gasteiger charge is 2.43. The third-order valence-electron chi connectivity index (χ3n) is 6.96. The Kier molecular flexibility index (Phi) is 7.70. The van der Waals surface area contributed by atoms with E-state index >= 15 is 0 Å². The van der Waals surface area contributed by atoms with E-state index in [9.17, 15) is 14.4 Å². The molecule has 2 aliphatic rings. The number of nitrogens with zero attached hydrogens (tertiary/aromatic N) is 1. The van der Waals surface area contributed by atoms with Crippen LogP contribution in [0.25, 0.3) is 11.1 Å². The van der Waals surface area contributed by atoms with Gasteiger partial charge in [0.2, 0.25) is 5.91 Å². The molecule has 8 heteroatoms. The van der Waals surface area contributed by atoms with Crippen LogP contribution in [0.15, 0.2) is 48.5 Å². The van der Waals surface area contributed by atoms with Gasteiger partial charge in [0.1, 0.15) is 6.61 Å². The minimum Gasteiger partial charge on any atom is -0.481 e. The zero-order valence-corrected chi connectivity index (χ0v) is 20.0. The van der Waals surface area contributed by atoms with Crippen molar-refractivity contribution in [1.82, 2.24) is 10.2 Å². The van der Waals surface area contributed by atoms with Crippen LogP contribution in [0.5, 0.6) is 0 Å². The maximum absolute atomic E-state index is 13.4. The predicted molar refractivity (Wildman–Crippen MR) is 130 cm³/mol. The minimum absolute atomic E-state index is 0.0478. The fourth-order valence-electron chi connectivity index (χ4n) is 5.10. The van der Waals surface area contributed by atoms with Gasteiger partial charge in [-0.05, 0) is 42.0 Å². The number of carboxylic acid groups (broad SMARTS) is 1. The highest BCUT2D eigenvalue weighted by molar-refractivity contribution is 5.84. The van der Waals surface area contributed by atoms with Crippen LogP contribution in [0.2, 0.25) is 0 Å². The molecule has 186 valence electrons. The van der Waals surface area contributed by atoms with Crippen molar-refractivity contribution in [3.8, 4) is 11.1 Å². The molecule has 0 aromatic heterocycles. The monoisotopic (exact) mass is 480 g/mol. The molecule has 1 saturated heterocycles. The lowest BCUT2D eigenvalue weighted by Gasteiger charge is -2.39. The zero-order valence-electron chi connectivity index (χ0n) is 20.0. The highest BCUT2D eigenvalue weighted by Crippen LogP contribution is 2.44. The lowest BCUT2D eigenvalue weighted by atomic mass is 9.80. The molecule has 2 aromatic carbocycles. The first-order valence-electron chi connectivity index (χ1n) is 12.1. The van der Waals surface area contributed by atoms with Gasteiger partial charge in [0.05, 0.1) is 18.4 Å². The average Bonchev–Trinajstić information content (AvgIpc) is 3.20. The number of carbonyl (C=O) groups is 3. The lowest BCUT2D eigenvalue weighted by Crippen LogP contribution is -2.54. The first kappa shape index (κ1) is 24.7. The third-order valence-corrected chi connectivity index (χ3v) is 6.96. The number of amides is 2. The van der Waals surface area contributed by atoms with Gasteiger partial charge in [-0.15, -0.1) is 0 Å². The summed E-state index contributed by atoms with van der Waals surface area (Å²) in [5.74, 6) is -1.20. The number of carbonyl (C=O) groups excluding carboxylic acids is 2. The van der Waals surface area contributed by atoms with Gasteiger partial charge < -0.3 is 24.8 Å². The Morgan fingerprint density at radius 1 is 1.11 bits per heavy atom. The number of benzene rings is 2. The molecule has 1 aliphatic carbocycles. The molecule has 1 fully saturated rings. The Balaban J connectivity index is 1.40. The zero-order chi connectivity index (χ0) is 24.8. The van der Waals surface area contributed by atoms with E-state index in [1.807, 2.05) is 31.2 Å². The van der Waals surface area contributed by atoms with E-state index in [2.05, 4.69) is 29.6 Å². The summed E-state index contributed by atoms with van der Waals surface area (Å²) in [6.45, 7) is 3.33. The fourth-order valence-corrected chi connectivity index (χ4v) is 5.10. The Morgan fingerprint density at radius 3 is 2.34 bits per heavy atom.